The van der Waals surface area contributed by atoms with Crippen LogP contribution in [0.3, 0.4) is 0 Å². The Morgan fingerprint density at radius 2 is 2.05 bits per heavy atom. The van der Waals surface area contributed by atoms with E-state index in [1.165, 1.54) is 6.07 Å². The molecule has 21 heavy (non-hydrogen) atoms. The third-order valence-corrected chi connectivity index (χ3v) is 3.84. The Morgan fingerprint density at radius 3 is 2.71 bits per heavy atom. The maximum absolute atomic E-state index is 13.1. The smallest absolute Gasteiger partial charge is 0.141 e. The lowest BCUT2D eigenvalue weighted by Gasteiger charge is -2.15. The van der Waals surface area contributed by atoms with Crippen LogP contribution in [-0.2, 0) is 13.0 Å². The van der Waals surface area contributed by atoms with Gasteiger partial charge in [-0.25, -0.2) is 4.39 Å². The summed E-state index contributed by atoms with van der Waals surface area (Å²) in [5, 5.41) is 0.103. The van der Waals surface area contributed by atoms with Crippen LogP contribution in [0.25, 0.3) is 0 Å². The molecule has 0 aromatic heterocycles. The van der Waals surface area contributed by atoms with Crippen molar-refractivity contribution in [1.82, 2.24) is 0 Å². The molecule has 0 saturated heterocycles. The average Bonchev–Trinajstić information content (AvgIpc) is 2.42. The Balaban J connectivity index is 2.20. The molecule has 0 aliphatic rings. The molecule has 0 spiro atoms. The fourth-order valence-electron chi connectivity index (χ4n) is 2.13. The van der Waals surface area contributed by atoms with Crippen molar-refractivity contribution in [2.24, 2.45) is 5.73 Å². The summed E-state index contributed by atoms with van der Waals surface area (Å²) in [5.41, 5.74) is 8.55. The minimum Gasteiger partial charge on any atom is -0.488 e. The van der Waals surface area contributed by atoms with Crippen molar-refractivity contribution in [2.45, 2.75) is 20.0 Å². The highest BCUT2D eigenvalue weighted by Crippen LogP contribution is 2.29. The van der Waals surface area contributed by atoms with Gasteiger partial charge in [0.05, 0.1) is 5.02 Å². The van der Waals surface area contributed by atoms with E-state index in [4.69, 9.17) is 22.1 Å². The fourth-order valence-corrected chi connectivity index (χ4v) is 2.95. The van der Waals surface area contributed by atoms with Gasteiger partial charge in [-0.3, -0.25) is 0 Å². The molecule has 2 aromatic carbocycles. The first-order valence-corrected chi connectivity index (χ1v) is 7.74. The Hall–Kier alpha value is -1.10. The van der Waals surface area contributed by atoms with Crippen molar-refractivity contribution in [3.05, 3.63) is 62.3 Å². The van der Waals surface area contributed by atoms with Crippen LogP contribution in [0, 0.1) is 12.7 Å². The van der Waals surface area contributed by atoms with Gasteiger partial charge < -0.3 is 10.5 Å². The molecule has 5 heteroatoms. The first-order valence-electron chi connectivity index (χ1n) is 6.57. The van der Waals surface area contributed by atoms with Crippen molar-refractivity contribution in [1.29, 1.82) is 0 Å². The molecule has 2 nitrogen and oxygen atoms in total. The highest BCUT2D eigenvalue weighted by molar-refractivity contribution is 9.10. The minimum absolute atomic E-state index is 0.103. The van der Waals surface area contributed by atoms with E-state index in [9.17, 15) is 4.39 Å². The zero-order valence-electron chi connectivity index (χ0n) is 11.6. The summed E-state index contributed by atoms with van der Waals surface area (Å²) in [4.78, 5) is 0. The van der Waals surface area contributed by atoms with Gasteiger partial charge in [0.1, 0.15) is 18.2 Å². The molecule has 0 aliphatic heterocycles. The van der Waals surface area contributed by atoms with E-state index in [1.54, 1.807) is 12.1 Å². The Bertz CT molecular complexity index is 648. The van der Waals surface area contributed by atoms with Crippen LogP contribution in [0.1, 0.15) is 16.7 Å². The number of hydrogen-bond acceptors (Lipinski definition) is 2. The number of halogens is 3. The van der Waals surface area contributed by atoms with Crippen molar-refractivity contribution >= 4 is 27.5 Å². The number of rotatable bonds is 5. The van der Waals surface area contributed by atoms with E-state index in [1.807, 2.05) is 19.1 Å². The van der Waals surface area contributed by atoms with Gasteiger partial charge in [-0.1, -0.05) is 33.6 Å². The van der Waals surface area contributed by atoms with E-state index in [0.717, 1.165) is 33.3 Å². The summed E-state index contributed by atoms with van der Waals surface area (Å²) in [5.74, 6) is 0.396. The normalized spacial score (nSPS) is 10.7. The molecule has 0 fully saturated rings. The lowest BCUT2D eigenvalue weighted by molar-refractivity contribution is 0.300. The van der Waals surface area contributed by atoms with Crippen LogP contribution in [0.4, 0.5) is 4.39 Å². The van der Waals surface area contributed by atoms with Crippen LogP contribution in [0.5, 0.6) is 5.75 Å². The van der Waals surface area contributed by atoms with E-state index >= 15 is 0 Å². The van der Waals surface area contributed by atoms with Gasteiger partial charge >= 0.3 is 0 Å². The van der Waals surface area contributed by atoms with Gasteiger partial charge in [-0.2, -0.15) is 0 Å². The molecule has 0 heterocycles. The van der Waals surface area contributed by atoms with Gasteiger partial charge in [-0.15, -0.1) is 0 Å². The van der Waals surface area contributed by atoms with Crippen molar-refractivity contribution in [3.8, 4) is 5.75 Å². The molecule has 0 saturated carbocycles. The summed E-state index contributed by atoms with van der Waals surface area (Å²) in [6.07, 6.45) is 0.736. The number of aryl methyl sites for hydroxylation is 1. The Kier molecular flexibility index (Phi) is 5.62. The first-order chi connectivity index (χ1) is 10.0. The molecule has 2 rings (SSSR count). The molecular formula is C16H16BrClFNO. The standard InChI is InChI=1S/C16H16BrClFNO/c1-10-6-13(17)8-12(4-5-20)16(10)21-9-11-2-3-15(19)14(18)7-11/h2-3,6-8H,4-5,9,20H2,1H3. The van der Waals surface area contributed by atoms with Crippen LogP contribution in [0.15, 0.2) is 34.8 Å². The molecule has 0 atom stereocenters. The first kappa shape index (κ1) is 16.3. The molecule has 0 unspecified atom stereocenters. The minimum atomic E-state index is -0.427. The molecule has 2 N–H and O–H groups in total. The SMILES string of the molecule is Cc1cc(Br)cc(CCN)c1OCc1ccc(F)c(Cl)c1. The van der Waals surface area contributed by atoms with E-state index < -0.39 is 5.82 Å². The number of hydrogen-bond donors (Lipinski definition) is 1. The maximum atomic E-state index is 13.1. The van der Waals surface area contributed by atoms with E-state index in [2.05, 4.69) is 15.9 Å². The monoisotopic (exact) mass is 371 g/mol. The largest absolute Gasteiger partial charge is 0.488 e. The second-order valence-corrected chi connectivity index (χ2v) is 6.11. The van der Waals surface area contributed by atoms with Gasteiger partial charge in [0, 0.05) is 4.47 Å². The molecule has 2 aromatic rings. The Morgan fingerprint density at radius 1 is 1.29 bits per heavy atom. The zero-order chi connectivity index (χ0) is 15.4. The molecule has 0 bridgehead atoms. The van der Waals surface area contributed by atoms with Crippen molar-refractivity contribution in [3.63, 3.8) is 0 Å². The highest BCUT2D eigenvalue weighted by Gasteiger charge is 2.10. The predicted molar refractivity (Wildman–Crippen MR) is 87.4 cm³/mol. The molecule has 0 aliphatic carbocycles. The van der Waals surface area contributed by atoms with Crippen LogP contribution < -0.4 is 10.5 Å². The summed E-state index contributed by atoms with van der Waals surface area (Å²) in [6, 6.07) is 8.59. The lowest BCUT2D eigenvalue weighted by Crippen LogP contribution is -2.07. The predicted octanol–water partition coefficient (Wildman–Crippen LogP) is 4.63. The lowest BCUT2D eigenvalue weighted by atomic mass is 10.1. The van der Waals surface area contributed by atoms with Crippen LogP contribution in [-0.4, -0.2) is 6.54 Å². The van der Waals surface area contributed by atoms with Crippen molar-refractivity contribution < 1.29 is 9.13 Å². The fraction of sp³-hybridized carbons (Fsp3) is 0.250. The molecule has 0 radical (unpaired) electrons. The van der Waals surface area contributed by atoms with E-state index in [0.29, 0.717) is 13.2 Å². The zero-order valence-corrected chi connectivity index (χ0v) is 14.0. The quantitative estimate of drug-likeness (QED) is 0.830. The van der Waals surface area contributed by atoms with Gasteiger partial charge in [0.25, 0.3) is 0 Å². The Labute approximate surface area is 137 Å². The van der Waals surface area contributed by atoms with E-state index in [-0.39, 0.29) is 5.02 Å². The summed E-state index contributed by atoms with van der Waals surface area (Å²) < 4.78 is 20.0. The van der Waals surface area contributed by atoms with Gasteiger partial charge in [-0.05, 0) is 60.8 Å². The number of benzene rings is 2. The summed E-state index contributed by atoms with van der Waals surface area (Å²) >= 11 is 9.25. The van der Waals surface area contributed by atoms with Crippen LogP contribution >= 0.6 is 27.5 Å². The second kappa shape index (κ2) is 7.25. The van der Waals surface area contributed by atoms with Gasteiger partial charge in [0.2, 0.25) is 0 Å². The highest BCUT2D eigenvalue weighted by atomic mass is 79.9. The van der Waals surface area contributed by atoms with Crippen LogP contribution in [0.2, 0.25) is 5.02 Å². The molecule has 0 amide bonds. The second-order valence-electron chi connectivity index (χ2n) is 4.79. The number of nitrogens with two attached hydrogens (primary N) is 1. The summed E-state index contributed by atoms with van der Waals surface area (Å²) in [6.45, 7) is 2.87. The van der Waals surface area contributed by atoms with Crippen molar-refractivity contribution in [2.75, 3.05) is 6.54 Å². The third kappa shape index (κ3) is 4.19. The maximum Gasteiger partial charge on any atom is 0.141 e. The molecule has 112 valence electrons. The number of ether oxygens (including phenoxy) is 1. The topological polar surface area (TPSA) is 35.2 Å². The third-order valence-electron chi connectivity index (χ3n) is 3.10. The van der Waals surface area contributed by atoms with Gasteiger partial charge in [0.15, 0.2) is 0 Å². The molecular weight excluding hydrogens is 357 g/mol. The summed E-state index contributed by atoms with van der Waals surface area (Å²) in [7, 11) is 0. The average molecular weight is 373 g/mol.